The molecule has 3 rings (SSSR count). The third-order valence-corrected chi connectivity index (χ3v) is 5.09. The van der Waals surface area contributed by atoms with Crippen LogP contribution < -0.4 is 15.4 Å². The number of aromatic nitrogens is 2. The van der Waals surface area contributed by atoms with Crippen LogP contribution >= 0.6 is 0 Å². The van der Waals surface area contributed by atoms with Gasteiger partial charge in [0.1, 0.15) is 0 Å². The lowest BCUT2D eigenvalue weighted by Gasteiger charge is -2.09. The fourth-order valence-electron chi connectivity index (χ4n) is 2.83. The van der Waals surface area contributed by atoms with Crippen LogP contribution in [-0.2, 0) is 10.0 Å². The molecule has 0 saturated heterocycles. The molecule has 31 heavy (non-hydrogen) atoms. The molecular weight excluding hydrogens is 418 g/mol. The number of hydrogen-bond acceptors (Lipinski definition) is 6. The number of benzene rings is 2. The van der Waals surface area contributed by atoms with Crippen molar-refractivity contribution in [2.75, 3.05) is 24.1 Å². The van der Waals surface area contributed by atoms with Gasteiger partial charge in [0.25, 0.3) is 11.8 Å². The summed E-state index contributed by atoms with van der Waals surface area (Å²) in [7, 11) is -3.37. The van der Waals surface area contributed by atoms with Gasteiger partial charge in [-0.2, -0.15) is 0 Å². The van der Waals surface area contributed by atoms with Crippen LogP contribution in [0.4, 0.5) is 5.69 Å². The largest absolute Gasteiger partial charge is 0.350 e. The van der Waals surface area contributed by atoms with Crippen LogP contribution in [0.15, 0.2) is 42.5 Å². The zero-order valence-electron chi connectivity index (χ0n) is 17.4. The number of sulfonamides is 1. The van der Waals surface area contributed by atoms with Gasteiger partial charge in [0, 0.05) is 29.9 Å². The summed E-state index contributed by atoms with van der Waals surface area (Å²) < 4.78 is 24.8. The number of nitrogens with zero attached hydrogens (tertiary/aromatic N) is 2. The molecule has 0 aliphatic rings. The molecule has 1 heterocycles. The molecule has 0 fully saturated rings. The van der Waals surface area contributed by atoms with Crippen molar-refractivity contribution in [2.24, 2.45) is 0 Å². The van der Waals surface area contributed by atoms with E-state index in [9.17, 15) is 18.0 Å². The summed E-state index contributed by atoms with van der Waals surface area (Å²) in [5.41, 5.74) is 4.25. The summed E-state index contributed by atoms with van der Waals surface area (Å²) in [6.45, 7) is 4.24. The maximum atomic E-state index is 12.4. The minimum absolute atomic E-state index is 0.236. The average Bonchev–Trinajstić information content (AvgIpc) is 2.70. The SMILES string of the molecule is Cc1nc2ccc(C(=O)NCCNC(=O)c3ccc(NS(C)(=O)=O)cc3)cc2nc1C. The lowest BCUT2D eigenvalue weighted by molar-refractivity contribution is 0.0928. The van der Waals surface area contributed by atoms with E-state index in [1.165, 1.54) is 24.3 Å². The van der Waals surface area contributed by atoms with Crippen molar-refractivity contribution >= 4 is 38.6 Å². The minimum Gasteiger partial charge on any atom is -0.350 e. The number of carbonyl (C=O) groups is 2. The molecule has 0 spiro atoms. The number of rotatable bonds is 7. The Morgan fingerprint density at radius 2 is 1.32 bits per heavy atom. The third-order valence-electron chi connectivity index (χ3n) is 4.48. The Morgan fingerprint density at radius 1 is 0.806 bits per heavy atom. The lowest BCUT2D eigenvalue weighted by Crippen LogP contribution is -2.34. The van der Waals surface area contributed by atoms with E-state index in [1.807, 2.05) is 13.8 Å². The second-order valence-corrected chi connectivity index (χ2v) is 8.81. The Kier molecular flexibility index (Phi) is 6.50. The lowest BCUT2D eigenvalue weighted by atomic mass is 10.1. The van der Waals surface area contributed by atoms with Crippen LogP contribution in [0.25, 0.3) is 11.0 Å². The second-order valence-electron chi connectivity index (χ2n) is 7.06. The monoisotopic (exact) mass is 441 g/mol. The van der Waals surface area contributed by atoms with Gasteiger partial charge in [-0.05, 0) is 56.3 Å². The molecular formula is C21H23N5O4S. The van der Waals surface area contributed by atoms with Gasteiger partial charge in [-0.1, -0.05) is 0 Å². The fourth-order valence-corrected chi connectivity index (χ4v) is 3.40. The zero-order chi connectivity index (χ0) is 22.6. The highest BCUT2D eigenvalue weighted by atomic mass is 32.2. The van der Waals surface area contributed by atoms with Crippen LogP contribution in [0.3, 0.4) is 0 Å². The highest BCUT2D eigenvalue weighted by Gasteiger charge is 2.10. The summed E-state index contributed by atoms with van der Waals surface area (Å²) in [6, 6.07) is 11.2. The summed E-state index contributed by atoms with van der Waals surface area (Å²) in [6.07, 6.45) is 1.05. The van der Waals surface area contributed by atoms with Gasteiger partial charge < -0.3 is 10.6 Å². The van der Waals surface area contributed by atoms with Gasteiger partial charge in [-0.3, -0.25) is 14.3 Å². The van der Waals surface area contributed by atoms with Crippen LogP contribution in [0.5, 0.6) is 0 Å². The molecule has 0 aliphatic heterocycles. The van der Waals surface area contributed by atoms with E-state index in [4.69, 9.17) is 0 Å². The van der Waals surface area contributed by atoms with Crippen molar-refractivity contribution in [2.45, 2.75) is 13.8 Å². The molecule has 0 aliphatic carbocycles. The van der Waals surface area contributed by atoms with E-state index in [2.05, 4.69) is 25.3 Å². The first-order chi connectivity index (χ1) is 14.6. The first kappa shape index (κ1) is 22.2. The third kappa shape index (κ3) is 5.98. The highest BCUT2D eigenvalue weighted by Crippen LogP contribution is 2.14. The van der Waals surface area contributed by atoms with Crippen molar-refractivity contribution in [1.82, 2.24) is 20.6 Å². The molecule has 0 radical (unpaired) electrons. The predicted octanol–water partition coefficient (Wildman–Crippen LogP) is 1.78. The van der Waals surface area contributed by atoms with Crippen LogP contribution in [0, 0.1) is 13.8 Å². The Balaban J connectivity index is 1.51. The molecule has 0 unspecified atom stereocenters. The van der Waals surface area contributed by atoms with Gasteiger partial charge in [-0.15, -0.1) is 0 Å². The number of amides is 2. The van der Waals surface area contributed by atoms with Crippen molar-refractivity contribution in [3.05, 3.63) is 65.0 Å². The molecule has 2 aromatic carbocycles. The van der Waals surface area contributed by atoms with E-state index in [0.29, 0.717) is 22.3 Å². The van der Waals surface area contributed by atoms with Crippen LogP contribution in [-0.4, -0.2) is 49.5 Å². The van der Waals surface area contributed by atoms with Crippen LogP contribution in [0.2, 0.25) is 0 Å². The molecule has 0 bridgehead atoms. The molecule has 10 heteroatoms. The first-order valence-electron chi connectivity index (χ1n) is 9.51. The quantitative estimate of drug-likeness (QED) is 0.479. The van der Waals surface area contributed by atoms with Crippen molar-refractivity contribution in [3.8, 4) is 0 Å². The van der Waals surface area contributed by atoms with Gasteiger partial charge in [0.05, 0.1) is 28.7 Å². The van der Waals surface area contributed by atoms with Crippen molar-refractivity contribution in [3.63, 3.8) is 0 Å². The van der Waals surface area contributed by atoms with Gasteiger partial charge in [0.2, 0.25) is 10.0 Å². The zero-order valence-corrected chi connectivity index (χ0v) is 18.2. The Bertz CT molecular complexity index is 1240. The first-order valence-corrected chi connectivity index (χ1v) is 11.4. The average molecular weight is 442 g/mol. The topological polar surface area (TPSA) is 130 Å². The van der Waals surface area contributed by atoms with E-state index >= 15 is 0 Å². The predicted molar refractivity (Wildman–Crippen MR) is 119 cm³/mol. The summed E-state index contributed by atoms with van der Waals surface area (Å²) in [5.74, 6) is -0.598. The smallest absolute Gasteiger partial charge is 0.251 e. The van der Waals surface area contributed by atoms with Gasteiger partial charge in [-0.25, -0.2) is 18.4 Å². The molecule has 1 aromatic heterocycles. The van der Waals surface area contributed by atoms with Crippen molar-refractivity contribution < 1.29 is 18.0 Å². The highest BCUT2D eigenvalue weighted by molar-refractivity contribution is 7.92. The summed E-state index contributed by atoms with van der Waals surface area (Å²) >= 11 is 0. The second kappa shape index (κ2) is 9.09. The molecule has 2 amide bonds. The standard InChI is InChI=1S/C21H23N5O4S/c1-13-14(2)25-19-12-16(6-9-18(19)24-13)21(28)23-11-10-22-20(27)15-4-7-17(8-5-15)26-31(3,29)30/h4-9,12,26H,10-11H2,1-3H3,(H,22,27)(H,23,28). The van der Waals surface area contributed by atoms with E-state index in [-0.39, 0.29) is 24.9 Å². The molecule has 162 valence electrons. The molecule has 0 saturated carbocycles. The van der Waals surface area contributed by atoms with E-state index in [0.717, 1.165) is 23.2 Å². The molecule has 0 atom stereocenters. The number of nitrogens with one attached hydrogen (secondary N) is 3. The number of hydrogen-bond donors (Lipinski definition) is 3. The fraction of sp³-hybridized carbons (Fsp3) is 0.238. The summed E-state index contributed by atoms with van der Waals surface area (Å²) in [4.78, 5) is 33.5. The molecule has 9 nitrogen and oxygen atoms in total. The maximum absolute atomic E-state index is 12.4. The Labute approximate surface area is 180 Å². The molecule has 3 aromatic rings. The van der Waals surface area contributed by atoms with E-state index < -0.39 is 10.0 Å². The Hall–Kier alpha value is -3.53. The number of carbonyl (C=O) groups excluding carboxylic acids is 2. The maximum Gasteiger partial charge on any atom is 0.251 e. The summed E-state index contributed by atoms with van der Waals surface area (Å²) in [5, 5.41) is 5.45. The van der Waals surface area contributed by atoms with Gasteiger partial charge in [0.15, 0.2) is 0 Å². The number of aryl methyl sites for hydroxylation is 2. The van der Waals surface area contributed by atoms with E-state index in [1.54, 1.807) is 18.2 Å². The number of anilines is 1. The minimum atomic E-state index is -3.37. The van der Waals surface area contributed by atoms with Gasteiger partial charge >= 0.3 is 0 Å². The Morgan fingerprint density at radius 3 is 1.90 bits per heavy atom. The molecule has 3 N–H and O–H groups in total. The van der Waals surface area contributed by atoms with Crippen LogP contribution in [0.1, 0.15) is 32.1 Å². The van der Waals surface area contributed by atoms with Crippen molar-refractivity contribution in [1.29, 1.82) is 0 Å². The number of fused-ring (bicyclic) bond motifs is 1. The normalized spacial score (nSPS) is 11.2.